The fourth-order valence-corrected chi connectivity index (χ4v) is 4.45. The van der Waals surface area contributed by atoms with Crippen LogP contribution in [0.2, 0.25) is 0 Å². The Kier molecular flexibility index (Phi) is 5.00. The van der Waals surface area contributed by atoms with Crippen molar-refractivity contribution >= 4 is 17.6 Å². The van der Waals surface area contributed by atoms with Gasteiger partial charge in [-0.15, -0.1) is 0 Å². The molecule has 2 aliphatic rings. The van der Waals surface area contributed by atoms with E-state index in [1.165, 1.54) is 37.4 Å². The highest BCUT2D eigenvalue weighted by Crippen LogP contribution is 2.30. The van der Waals surface area contributed by atoms with Crippen LogP contribution in [0.25, 0.3) is 0 Å². The number of thioether (sulfide) groups is 1. The molecule has 0 saturated heterocycles. The van der Waals surface area contributed by atoms with Crippen LogP contribution in [0.15, 0.2) is 32.8 Å². The molecule has 0 unspecified atom stereocenters. The molecule has 0 atom stereocenters. The molecule has 0 spiro atoms. The summed E-state index contributed by atoms with van der Waals surface area (Å²) in [5, 5.41) is 12.9. The van der Waals surface area contributed by atoms with Gasteiger partial charge in [0.25, 0.3) is 5.56 Å². The number of rotatable bonds is 5. The van der Waals surface area contributed by atoms with E-state index in [1.54, 1.807) is 6.26 Å². The third-order valence-electron chi connectivity index (χ3n) is 5.05. The van der Waals surface area contributed by atoms with Gasteiger partial charge in [0.05, 0.1) is 36.9 Å². The Labute approximate surface area is 156 Å². The largest absolute Gasteiger partial charge is 0.467 e. The molecule has 26 heavy (non-hydrogen) atoms. The van der Waals surface area contributed by atoms with Gasteiger partial charge in [-0.2, -0.15) is 10.2 Å². The van der Waals surface area contributed by atoms with E-state index in [2.05, 4.69) is 21.3 Å². The quantitative estimate of drug-likeness (QED) is 0.638. The first-order chi connectivity index (χ1) is 12.8. The zero-order valence-electron chi connectivity index (χ0n) is 14.5. The molecule has 0 radical (unpaired) electrons. The molecule has 0 amide bonds. The highest BCUT2D eigenvalue weighted by Gasteiger charge is 2.29. The van der Waals surface area contributed by atoms with Gasteiger partial charge < -0.3 is 9.73 Å². The zero-order chi connectivity index (χ0) is 17.9. The molecular weight excluding hydrogens is 350 g/mol. The molecule has 136 valence electrons. The average molecular weight is 371 g/mol. The number of furan rings is 1. The number of anilines is 1. The monoisotopic (exact) mass is 371 g/mol. The van der Waals surface area contributed by atoms with Crippen molar-refractivity contribution in [1.82, 2.24) is 14.5 Å². The molecule has 2 aromatic rings. The van der Waals surface area contributed by atoms with Crippen LogP contribution in [0.3, 0.4) is 0 Å². The Hall–Kier alpha value is -2.24. The second kappa shape index (κ2) is 7.56. The van der Waals surface area contributed by atoms with Crippen molar-refractivity contribution in [1.29, 1.82) is 5.26 Å². The van der Waals surface area contributed by atoms with Crippen LogP contribution in [0, 0.1) is 11.3 Å². The van der Waals surface area contributed by atoms with Crippen LogP contribution in [0.1, 0.15) is 37.0 Å². The minimum absolute atomic E-state index is 0.202. The topological polar surface area (TPSA) is 87.1 Å². The van der Waals surface area contributed by atoms with Crippen molar-refractivity contribution in [2.75, 3.05) is 17.7 Å². The minimum atomic E-state index is -0.202. The normalized spacial score (nSPS) is 17.7. The van der Waals surface area contributed by atoms with E-state index in [9.17, 15) is 4.79 Å². The summed E-state index contributed by atoms with van der Waals surface area (Å²) in [6.07, 6.45) is 6.55. The van der Waals surface area contributed by atoms with Gasteiger partial charge in [0.15, 0.2) is 5.16 Å². The van der Waals surface area contributed by atoms with Gasteiger partial charge in [0.1, 0.15) is 11.6 Å². The molecule has 1 saturated carbocycles. The molecule has 1 N–H and O–H groups in total. The lowest BCUT2D eigenvalue weighted by Gasteiger charge is -2.35. The average Bonchev–Trinajstić information content (AvgIpc) is 3.36. The molecule has 7 nitrogen and oxygen atoms in total. The van der Waals surface area contributed by atoms with Crippen molar-refractivity contribution in [3.05, 3.63) is 40.1 Å². The van der Waals surface area contributed by atoms with Crippen LogP contribution in [-0.4, -0.2) is 32.9 Å². The maximum absolute atomic E-state index is 12.7. The first kappa shape index (κ1) is 17.2. The van der Waals surface area contributed by atoms with Crippen molar-refractivity contribution in [3.8, 4) is 6.07 Å². The maximum Gasteiger partial charge on any atom is 0.280 e. The number of nitrogens with one attached hydrogen (secondary N) is 1. The number of nitriles is 1. The van der Waals surface area contributed by atoms with E-state index in [0.29, 0.717) is 29.9 Å². The third-order valence-corrected chi connectivity index (χ3v) is 5.90. The fraction of sp³-hybridized carbons (Fsp3) is 0.500. The van der Waals surface area contributed by atoms with E-state index < -0.39 is 0 Å². The summed E-state index contributed by atoms with van der Waals surface area (Å²) in [7, 11) is 0. The molecule has 3 heterocycles. The van der Waals surface area contributed by atoms with Gasteiger partial charge in [0.2, 0.25) is 0 Å². The molecule has 1 fully saturated rings. The fourth-order valence-electron chi connectivity index (χ4n) is 3.79. The molecule has 4 rings (SSSR count). The molecule has 1 aliphatic heterocycles. The van der Waals surface area contributed by atoms with Crippen LogP contribution in [0.4, 0.5) is 5.82 Å². The van der Waals surface area contributed by atoms with E-state index >= 15 is 0 Å². The summed E-state index contributed by atoms with van der Waals surface area (Å²) in [5.41, 5.74) is 0.502. The molecule has 8 heteroatoms. The van der Waals surface area contributed by atoms with Crippen LogP contribution in [0.5, 0.6) is 0 Å². The minimum Gasteiger partial charge on any atom is -0.467 e. The maximum atomic E-state index is 12.7. The lowest BCUT2D eigenvalue weighted by atomic mass is 10.1. The Morgan fingerprint density at radius 2 is 2.27 bits per heavy atom. The SMILES string of the molecule is N#CCSc1nc(=O)c2c(n1Cc1ccco1)NCN(C1CCCC1)C2. The Balaban J connectivity index is 1.70. The van der Waals surface area contributed by atoms with Gasteiger partial charge in [-0.05, 0) is 25.0 Å². The van der Waals surface area contributed by atoms with Gasteiger partial charge in [-0.25, -0.2) is 0 Å². The van der Waals surface area contributed by atoms with E-state index in [1.807, 2.05) is 16.7 Å². The Morgan fingerprint density at radius 1 is 1.42 bits per heavy atom. The van der Waals surface area contributed by atoms with Crippen molar-refractivity contribution in [2.45, 2.75) is 50.0 Å². The highest BCUT2D eigenvalue weighted by molar-refractivity contribution is 7.99. The van der Waals surface area contributed by atoms with E-state index in [-0.39, 0.29) is 11.3 Å². The molecule has 0 aromatic carbocycles. The number of hydrogen-bond acceptors (Lipinski definition) is 7. The predicted molar refractivity (Wildman–Crippen MR) is 98.9 cm³/mol. The summed E-state index contributed by atoms with van der Waals surface area (Å²) < 4.78 is 7.44. The summed E-state index contributed by atoms with van der Waals surface area (Å²) in [5.74, 6) is 1.84. The first-order valence-corrected chi connectivity index (χ1v) is 9.88. The lowest BCUT2D eigenvalue weighted by molar-refractivity contribution is 0.194. The zero-order valence-corrected chi connectivity index (χ0v) is 15.3. The van der Waals surface area contributed by atoms with Gasteiger partial charge in [-0.3, -0.25) is 14.3 Å². The molecule has 0 bridgehead atoms. The number of hydrogen-bond donors (Lipinski definition) is 1. The number of fused-ring (bicyclic) bond motifs is 1. The highest BCUT2D eigenvalue weighted by atomic mass is 32.2. The van der Waals surface area contributed by atoms with Crippen LogP contribution in [-0.2, 0) is 13.1 Å². The standard InChI is InChI=1S/C18H21N5O2S/c19-7-9-26-18-21-17(24)15-11-22(13-4-1-2-5-13)12-20-16(15)23(18)10-14-6-3-8-25-14/h3,6,8,13,20H,1-2,4-5,9-12H2. The molecule has 2 aromatic heterocycles. The third kappa shape index (κ3) is 3.37. The Morgan fingerprint density at radius 3 is 3.00 bits per heavy atom. The predicted octanol–water partition coefficient (Wildman–Crippen LogP) is 2.63. The summed E-state index contributed by atoms with van der Waals surface area (Å²) in [6.45, 7) is 1.83. The summed E-state index contributed by atoms with van der Waals surface area (Å²) in [6, 6.07) is 6.39. The smallest absolute Gasteiger partial charge is 0.280 e. The van der Waals surface area contributed by atoms with E-state index in [4.69, 9.17) is 9.68 Å². The molecule has 1 aliphatic carbocycles. The summed E-state index contributed by atoms with van der Waals surface area (Å²) in [4.78, 5) is 19.3. The molecular formula is C18H21N5O2S. The number of aromatic nitrogens is 2. The van der Waals surface area contributed by atoms with Gasteiger partial charge in [-0.1, -0.05) is 24.6 Å². The van der Waals surface area contributed by atoms with Crippen LogP contribution >= 0.6 is 11.8 Å². The van der Waals surface area contributed by atoms with Crippen molar-refractivity contribution in [3.63, 3.8) is 0 Å². The number of nitrogens with zero attached hydrogens (tertiary/aromatic N) is 4. The van der Waals surface area contributed by atoms with Gasteiger partial charge in [0, 0.05) is 12.6 Å². The van der Waals surface area contributed by atoms with E-state index in [0.717, 1.165) is 18.2 Å². The Bertz CT molecular complexity index is 865. The van der Waals surface area contributed by atoms with Crippen molar-refractivity contribution in [2.24, 2.45) is 0 Å². The van der Waals surface area contributed by atoms with Gasteiger partial charge >= 0.3 is 0 Å². The van der Waals surface area contributed by atoms with Crippen molar-refractivity contribution < 1.29 is 4.42 Å². The second-order valence-corrected chi connectivity index (χ2v) is 7.60. The second-order valence-electron chi connectivity index (χ2n) is 6.66. The summed E-state index contributed by atoms with van der Waals surface area (Å²) >= 11 is 1.28. The lowest BCUT2D eigenvalue weighted by Crippen LogP contribution is -2.43. The first-order valence-electron chi connectivity index (χ1n) is 8.90. The van der Waals surface area contributed by atoms with Crippen LogP contribution < -0.4 is 10.9 Å².